The second-order valence-electron chi connectivity index (χ2n) is 6.36. The molecule has 1 atom stereocenters. The minimum atomic E-state index is -0.154. The molecule has 1 aromatic heterocycles. The molecule has 0 bridgehead atoms. The Morgan fingerprint density at radius 1 is 1.04 bits per heavy atom. The SMILES string of the molecule is CC(=O)c1c(C)[nH]c(C2Nc3ccc(N)cc3N2)c1-c1ccccc1. The summed E-state index contributed by atoms with van der Waals surface area (Å²) in [5.74, 6) is 0.0543. The number of aryl methyl sites for hydroxylation is 1. The highest BCUT2D eigenvalue weighted by Crippen LogP contribution is 2.41. The van der Waals surface area contributed by atoms with Gasteiger partial charge in [0.2, 0.25) is 0 Å². The molecule has 25 heavy (non-hydrogen) atoms. The first-order valence-electron chi connectivity index (χ1n) is 8.26. The fraction of sp³-hybridized carbons (Fsp3) is 0.150. The van der Waals surface area contributed by atoms with Crippen LogP contribution in [-0.4, -0.2) is 10.8 Å². The van der Waals surface area contributed by atoms with E-state index in [1.54, 1.807) is 6.92 Å². The van der Waals surface area contributed by atoms with Crippen molar-refractivity contribution in [3.63, 3.8) is 0 Å². The predicted molar refractivity (Wildman–Crippen MR) is 102 cm³/mol. The van der Waals surface area contributed by atoms with E-state index in [1.165, 1.54) is 0 Å². The fourth-order valence-electron chi connectivity index (χ4n) is 3.51. The molecule has 0 amide bonds. The van der Waals surface area contributed by atoms with Gasteiger partial charge in [0.1, 0.15) is 6.17 Å². The second kappa shape index (κ2) is 5.70. The molecule has 0 saturated carbocycles. The molecule has 4 rings (SSSR count). The minimum Gasteiger partial charge on any atom is -0.399 e. The summed E-state index contributed by atoms with van der Waals surface area (Å²) in [5.41, 5.74) is 13.1. The van der Waals surface area contributed by atoms with Crippen LogP contribution >= 0.6 is 0 Å². The summed E-state index contributed by atoms with van der Waals surface area (Å²) < 4.78 is 0. The topological polar surface area (TPSA) is 82.9 Å². The Balaban J connectivity index is 1.84. The van der Waals surface area contributed by atoms with Crippen molar-refractivity contribution in [1.29, 1.82) is 0 Å². The summed E-state index contributed by atoms with van der Waals surface area (Å²) in [6, 6.07) is 15.7. The third-order valence-corrected chi connectivity index (χ3v) is 4.56. The van der Waals surface area contributed by atoms with Crippen LogP contribution in [0.2, 0.25) is 0 Å². The number of nitrogens with one attached hydrogen (secondary N) is 3. The van der Waals surface area contributed by atoms with Crippen molar-refractivity contribution in [2.45, 2.75) is 20.0 Å². The van der Waals surface area contributed by atoms with Crippen LogP contribution in [0.4, 0.5) is 17.1 Å². The van der Waals surface area contributed by atoms with Crippen molar-refractivity contribution in [2.24, 2.45) is 0 Å². The van der Waals surface area contributed by atoms with Crippen LogP contribution in [0.5, 0.6) is 0 Å². The zero-order valence-electron chi connectivity index (χ0n) is 14.2. The van der Waals surface area contributed by atoms with E-state index in [0.717, 1.165) is 39.5 Å². The van der Waals surface area contributed by atoms with Crippen molar-refractivity contribution in [1.82, 2.24) is 4.98 Å². The van der Waals surface area contributed by atoms with E-state index >= 15 is 0 Å². The van der Waals surface area contributed by atoms with Crippen LogP contribution in [0.25, 0.3) is 11.1 Å². The van der Waals surface area contributed by atoms with Gasteiger partial charge in [0.25, 0.3) is 0 Å². The van der Waals surface area contributed by atoms with Crippen LogP contribution in [-0.2, 0) is 0 Å². The third-order valence-electron chi connectivity index (χ3n) is 4.56. The molecule has 0 aliphatic carbocycles. The Morgan fingerprint density at radius 2 is 1.76 bits per heavy atom. The minimum absolute atomic E-state index is 0.0543. The molecule has 5 nitrogen and oxygen atoms in total. The molecule has 5 N–H and O–H groups in total. The first kappa shape index (κ1) is 15.3. The molecule has 0 radical (unpaired) electrons. The molecular formula is C20H20N4O. The highest BCUT2D eigenvalue weighted by molar-refractivity contribution is 6.03. The van der Waals surface area contributed by atoms with E-state index in [0.29, 0.717) is 5.69 Å². The van der Waals surface area contributed by atoms with Gasteiger partial charge in [0, 0.05) is 22.5 Å². The van der Waals surface area contributed by atoms with Gasteiger partial charge in [-0.2, -0.15) is 0 Å². The van der Waals surface area contributed by atoms with Crippen molar-refractivity contribution in [2.75, 3.05) is 16.4 Å². The monoisotopic (exact) mass is 332 g/mol. The van der Waals surface area contributed by atoms with Crippen molar-refractivity contribution in [3.05, 3.63) is 65.5 Å². The average molecular weight is 332 g/mol. The van der Waals surface area contributed by atoms with Gasteiger partial charge in [-0.05, 0) is 37.6 Å². The Bertz CT molecular complexity index is 959. The normalized spacial score (nSPS) is 15.4. The molecule has 1 aliphatic heterocycles. The molecule has 5 heteroatoms. The van der Waals surface area contributed by atoms with Crippen molar-refractivity contribution >= 4 is 22.8 Å². The van der Waals surface area contributed by atoms with E-state index in [9.17, 15) is 4.79 Å². The maximum Gasteiger partial charge on any atom is 0.162 e. The molecule has 0 saturated heterocycles. The summed E-state index contributed by atoms with van der Waals surface area (Å²) >= 11 is 0. The van der Waals surface area contributed by atoms with Gasteiger partial charge in [-0.25, -0.2) is 0 Å². The molecule has 0 fully saturated rings. The van der Waals surface area contributed by atoms with Gasteiger partial charge in [-0.3, -0.25) is 4.79 Å². The first-order valence-corrected chi connectivity index (χ1v) is 8.26. The molecular weight excluding hydrogens is 312 g/mol. The number of nitrogen functional groups attached to an aromatic ring is 1. The summed E-state index contributed by atoms with van der Waals surface area (Å²) in [6.45, 7) is 3.55. The lowest BCUT2D eigenvalue weighted by Gasteiger charge is -2.14. The maximum absolute atomic E-state index is 12.3. The molecule has 2 heterocycles. The number of rotatable bonds is 3. The summed E-state index contributed by atoms with van der Waals surface area (Å²) in [7, 11) is 0. The number of carbonyl (C=O) groups is 1. The van der Waals surface area contributed by atoms with Crippen LogP contribution in [0.3, 0.4) is 0 Å². The van der Waals surface area contributed by atoms with Crippen LogP contribution in [0.15, 0.2) is 48.5 Å². The predicted octanol–water partition coefficient (Wildman–Crippen LogP) is 4.31. The molecule has 1 aliphatic rings. The van der Waals surface area contributed by atoms with E-state index < -0.39 is 0 Å². The quantitative estimate of drug-likeness (QED) is 0.425. The molecule has 3 aromatic rings. The van der Waals surface area contributed by atoms with E-state index in [1.807, 2.05) is 55.5 Å². The summed E-state index contributed by atoms with van der Waals surface area (Å²) in [4.78, 5) is 15.7. The van der Waals surface area contributed by atoms with Crippen molar-refractivity contribution < 1.29 is 4.79 Å². The highest BCUT2D eigenvalue weighted by atomic mass is 16.1. The first-order chi connectivity index (χ1) is 12.0. The zero-order chi connectivity index (χ0) is 17.6. The molecule has 2 aromatic carbocycles. The maximum atomic E-state index is 12.3. The Hall–Kier alpha value is -3.21. The van der Waals surface area contributed by atoms with Gasteiger partial charge >= 0.3 is 0 Å². The number of anilines is 3. The lowest BCUT2D eigenvalue weighted by Crippen LogP contribution is -2.14. The standard InChI is InChI=1S/C20H20N4O/c1-11-17(12(2)25)18(13-6-4-3-5-7-13)19(22-11)20-23-15-9-8-14(21)10-16(15)24-20/h3-10,20,22-24H,21H2,1-2H3. The number of aromatic nitrogens is 1. The number of Topliss-reactive ketones (excluding diaryl/α,β-unsaturated/α-hetero) is 1. The number of fused-ring (bicyclic) bond motifs is 1. The highest BCUT2D eigenvalue weighted by Gasteiger charge is 2.29. The lowest BCUT2D eigenvalue weighted by molar-refractivity contribution is 0.101. The number of benzene rings is 2. The van der Waals surface area contributed by atoms with Gasteiger partial charge < -0.3 is 21.4 Å². The number of hydrogen-bond acceptors (Lipinski definition) is 4. The second-order valence-corrected chi connectivity index (χ2v) is 6.36. The zero-order valence-corrected chi connectivity index (χ0v) is 14.2. The summed E-state index contributed by atoms with van der Waals surface area (Å²) in [6.07, 6.45) is -0.154. The largest absolute Gasteiger partial charge is 0.399 e. The number of carbonyl (C=O) groups excluding carboxylic acids is 1. The van der Waals surface area contributed by atoms with Crippen LogP contribution in [0, 0.1) is 6.92 Å². The Morgan fingerprint density at radius 3 is 2.48 bits per heavy atom. The van der Waals surface area contributed by atoms with Gasteiger partial charge in [-0.15, -0.1) is 0 Å². The van der Waals surface area contributed by atoms with Gasteiger partial charge in [-0.1, -0.05) is 30.3 Å². The lowest BCUT2D eigenvalue weighted by atomic mass is 9.97. The average Bonchev–Trinajstić information content (AvgIpc) is 3.15. The fourth-order valence-corrected chi connectivity index (χ4v) is 3.51. The van der Waals surface area contributed by atoms with Gasteiger partial charge in [0.05, 0.1) is 17.1 Å². The van der Waals surface area contributed by atoms with Crippen LogP contribution < -0.4 is 16.4 Å². The summed E-state index contributed by atoms with van der Waals surface area (Å²) in [5, 5.41) is 6.91. The van der Waals surface area contributed by atoms with Gasteiger partial charge in [0.15, 0.2) is 5.78 Å². The number of nitrogens with two attached hydrogens (primary N) is 1. The Kier molecular flexibility index (Phi) is 3.50. The van der Waals surface area contributed by atoms with Crippen LogP contribution in [0.1, 0.15) is 34.8 Å². The number of ketones is 1. The number of aromatic amines is 1. The molecule has 126 valence electrons. The number of hydrogen-bond donors (Lipinski definition) is 4. The molecule has 1 unspecified atom stereocenters. The van der Waals surface area contributed by atoms with E-state index in [2.05, 4.69) is 15.6 Å². The van der Waals surface area contributed by atoms with E-state index in [-0.39, 0.29) is 11.9 Å². The number of H-pyrrole nitrogens is 1. The smallest absolute Gasteiger partial charge is 0.162 e. The molecule has 0 spiro atoms. The van der Waals surface area contributed by atoms with Crippen molar-refractivity contribution in [3.8, 4) is 11.1 Å². The van der Waals surface area contributed by atoms with E-state index in [4.69, 9.17) is 5.73 Å². The third kappa shape index (κ3) is 2.54. The Labute approximate surface area is 146 Å².